The largest absolute Gasteiger partial charge is 0.341 e. The monoisotopic (exact) mass is 222 g/mol. The maximum Gasteiger partial charge on any atom is 0.225 e. The van der Waals surface area contributed by atoms with Crippen LogP contribution < -0.4 is 10.2 Å². The Kier molecular flexibility index (Phi) is 5.19. The third kappa shape index (κ3) is 3.17. The van der Waals surface area contributed by atoms with Crippen LogP contribution in [0.25, 0.3) is 0 Å². The Morgan fingerprint density at radius 1 is 1.25 bits per heavy atom. The van der Waals surface area contributed by atoms with Gasteiger partial charge >= 0.3 is 0 Å². The third-order valence-electron chi connectivity index (χ3n) is 2.68. The van der Waals surface area contributed by atoms with Gasteiger partial charge in [-0.1, -0.05) is 6.92 Å². The third-order valence-corrected chi connectivity index (χ3v) is 2.68. The van der Waals surface area contributed by atoms with Gasteiger partial charge in [-0.15, -0.1) is 0 Å². The SMILES string of the molecule is CCNCc1cnc(N(CC)CC)nc1C. The van der Waals surface area contributed by atoms with Crippen LogP contribution in [0.1, 0.15) is 32.0 Å². The van der Waals surface area contributed by atoms with Gasteiger partial charge in [0.15, 0.2) is 0 Å². The first kappa shape index (κ1) is 12.9. The molecule has 1 heterocycles. The molecule has 1 N–H and O–H groups in total. The van der Waals surface area contributed by atoms with Gasteiger partial charge < -0.3 is 10.2 Å². The van der Waals surface area contributed by atoms with E-state index in [1.54, 1.807) is 0 Å². The highest BCUT2D eigenvalue weighted by Crippen LogP contribution is 2.10. The molecule has 0 bridgehead atoms. The standard InChI is InChI=1S/C12H22N4/c1-5-13-8-11-9-14-12(15-10(11)4)16(6-2)7-3/h9,13H,5-8H2,1-4H3. The molecule has 0 saturated heterocycles. The van der Waals surface area contributed by atoms with E-state index in [1.807, 2.05) is 13.1 Å². The fourth-order valence-electron chi connectivity index (χ4n) is 1.57. The molecule has 0 saturated carbocycles. The molecule has 1 aromatic rings. The van der Waals surface area contributed by atoms with Crippen molar-refractivity contribution in [1.82, 2.24) is 15.3 Å². The molecule has 1 aromatic heterocycles. The van der Waals surface area contributed by atoms with Crippen molar-refractivity contribution in [1.29, 1.82) is 0 Å². The van der Waals surface area contributed by atoms with Crippen LogP contribution >= 0.6 is 0 Å². The zero-order valence-corrected chi connectivity index (χ0v) is 10.7. The van der Waals surface area contributed by atoms with Gasteiger partial charge in [0.05, 0.1) is 0 Å². The summed E-state index contributed by atoms with van der Waals surface area (Å²) >= 11 is 0. The predicted octanol–water partition coefficient (Wildman–Crippen LogP) is 1.74. The maximum atomic E-state index is 4.54. The minimum absolute atomic E-state index is 0.836. The highest BCUT2D eigenvalue weighted by Gasteiger charge is 2.07. The van der Waals surface area contributed by atoms with Crippen molar-refractivity contribution in [3.63, 3.8) is 0 Å². The smallest absolute Gasteiger partial charge is 0.225 e. The van der Waals surface area contributed by atoms with Crippen molar-refractivity contribution in [3.05, 3.63) is 17.5 Å². The molecule has 1 rings (SSSR count). The van der Waals surface area contributed by atoms with Crippen molar-refractivity contribution in [2.45, 2.75) is 34.2 Å². The molecule has 0 aromatic carbocycles. The lowest BCUT2D eigenvalue weighted by molar-refractivity contribution is 0.712. The molecule has 0 unspecified atom stereocenters. The highest BCUT2D eigenvalue weighted by atomic mass is 15.2. The highest BCUT2D eigenvalue weighted by molar-refractivity contribution is 5.32. The number of anilines is 1. The van der Waals surface area contributed by atoms with E-state index in [0.29, 0.717) is 0 Å². The van der Waals surface area contributed by atoms with Gasteiger partial charge in [-0.2, -0.15) is 0 Å². The van der Waals surface area contributed by atoms with E-state index >= 15 is 0 Å². The number of hydrogen-bond acceptors (Lipinski definition) is 4. The molecule has 0 spiro atoms. The summed E-state index contributed by atoms with van der Waals surface area (Å²) in [6, 6.07) is 0. The second-order valence-electron chi connectivity index (χ2n) is 3.73. The number of nitrogens with one attached hydrogen (secondary N) is 1. The second-order valence-corrected chi connectivity index (χ2v) is 3.73. The first-order valence-corrected chi connectivity index (χ1v) is 6.01. The average Bonchev–Trinajstić information content (AvgIpc) is 2.29. The molecule has 0 radical (unpaired) electrons. The first-order valence-electron chi connectivity index (χ1n) is 6.01. The van der Waals surface area contributed by atoms with Crippen LogP contribution in [0.2, 0.25) is 0 Å². The fourth-order valence-corrected chi connectivity index (χ4v) is 1.57. The van der Waals surface area contributed by atoms with Crippen LogP contribution in [0.4, 0.5) is 5.95 Å². The van der Waals surface area contributed by atoms with E-state index < -0.39 is 0 Å². The van der Waals surface area contributed by atoms with Gasteiger partial charge in [0.1, 0.15) is 0 Å². The van der Waals surface area contributed by atoms with Crippen LogP contribution in [0.5, 0.6) is 0 Å². The van der Waals surface area contributed by atoms with Crippen LogP contribution in [-0.4, -0.2) is 29.6 Å². The van der Waals surface area contributed by atoms with Crippen molar-refractivity contribution in [3.8, 4) is 0 Å². The van der Waals surface area contributed by atoms with E-state index in [2.05, 4.69) is 41.0 Å². The molecule has 0 amide bonds. The number of aryl methyl sites for hydroxylation is 1. The van der Waals surface area contributed by atoms with Gasteiger partial charge in [0.2, 0.25) is 5.95 Å². The second kappa shape index (κ2) is 6.43. The molecule has 0 aliphatic rings. The van der Waals surface area contributed by atoms with Crippen molar-refractivity contribution in [2.75, 3.05) is 24.5 Å². The Morgan fingerprint density at radius 3 is 2.44 bits per heavy atom. The van der Waals surface area contributed by atoms with Gasteiger partial charge in [0.25, 0.3) is 0 Å². The number of hydrogen-bond donors (Lipinski definition) is 1. The summed E-state index contributed by atoms with van der Waals surface area (Å²) in [5, 5.41) is 3.29. The molecule has 0 fully saturated rings. The molecular weight excluding hydrogens is 200 g/mol. The number of aromatic nitrogens is 2. The Balaban J connectivity index is 2.81. The molecule has 0 aliphatic carbocycles. The van der Waals surface area contributed by atoms with Crippen LogP contribution in [-0.2, 0) is 6.54 Å². The number of nitrogens with zero attached hydrogens (tertiary/aromatic N) is 3. The van der Waals surface area contributed by atoms with Gasteiger partial charge in [-0.05, 0) is 27.3 Å². The summed E-state index contributed by atoms with van der Waals surface area (Å²) in [5.41, 5.74) is 2.25. The molecule has 4 nitrogen and oxygen atoms in total. The summed E-state index contributed by atoms with van der Waals surface area (Å²) in [6.07, 6.45) is 1.93. The maximum absolute atomic E-state index is 4.54. The first-order chi connectivity index (χ1) is 7.72. The Morgan fingerprint density at radius 2 is 1.94 bits per heavy atom. The molecule has 90 valence electrons. The predicted molar refractivity (Wildman–Crippen MR) is 67.7 cm³/mol. The topological polar surface area (TPSA) is 41.1 Å². The Bertz CT molecular complexity index is 321. The number of rotatable bonds is 6. The normalized spacial score (nSPS) is 10.5. The van der Waals surface area contributed by atoms with Gasteiger partial charge in [-0.25, -0.2) is 9.97 Å². The summed E-state index contributed by atoms with van der Waals surface area (Å²) in [5.74, 6) is 0.836. The fraction of sp³-hybridized carbons (Fsp3) is 0.667. The van der Waals surface area contributed by atoms with E-state index in [-0.39, 0.29) is 0 Å². The summed E-state index contributed by atoms with van der Waals surface area (Å²) in [4.78, 5) is 11.1. The Labute approximate surface area is 98.1 Å². The summed E-state index contributed by atoms with van der Waals surface area (Å²) in [6.45, 7) is 12.1. The van der Waals surface area contributed by atoms with Crippen LogP contribution in [0.3, 0.4) is 0 Å². The van der Waals surface area contributed by atoms with Crippen LogP contribution in [0.15, 0.2) is 6.20 Å². The molecule has 0 aliphatic heterocycles. The van der Waals surface area contributed by atoms with Crippen LogP contribution in [0, 0.1) is 6.92 Å². The summed E-state index contributed by atoms with van der Waals surface area (Å²) in [7, 11) is 0. The van der Waals surface area contributed by atoms with Crippen molar-refractivity contribution in [2.24, 2.45) is 0 Å². The van der Waals surface area contributed by atoms with Crippen molar-refractivity contribution < 1.29 is 0 Å². The van der Waals surface area contributed by atoms with Crippen molar-refractivity contribution >= 4 is 5.95 Å². The quantitative estimate of drug-likeness (QED) is 0.796. The van der Waals surface area contributed by atoms with Gasteiger partial charge in [0, 0.05) is 37.1 Å². The minimum Gasteiger partial charge on any atom is -0.341 e. The zero-order valence-electron chi connectivity index (χ0n) is 10.7. The molecular formula is C12H22N4. The molecule has 16 heavy (non-hydrogen) atoms. The molecule has 4 heteroatoms. The lowest BCUT2D eigenvalue weighted by atomic mass is 10.2. The summed E-state index contributed by atoms with van der Waals surface area (Å²) < 4.78 is 0. The zero-order chi connectivity index (χ0) is 12.0. The van der Waals surface area contributed by atoms with E-state index in [1.165, 1.54) is 5.56 Å². The molecule has 0 atom stereocenters. The van der Waals surface area contributed by atoms with Gasteiger partial charge in [-0.3, -0.25) is 0 Å². The lowest BCUT2D eigenvalue weighted by Crippen LogP contribution is -2.25. The van der Waals surface area contributed by atoms with E-state index in [4.69, 9.17) is 0 Å². The average molecular weight is 222 g/mol. The minimum atomic E-state index is 0.836. The Hall–Kier alpha value is -1.16. The van der Waals surface area contributed by atoms with E-state index in [0.717, 1.165) is 37.8 Å². The van der Waals surface area contributed by atoms with E-state index in [9.17, 15) is 0 Å². The lowest BCUT2D eigenvalue weighted by Gasteiger charge is -2.19.